The average molecular weight is 502 g/mol. The van der Waals surface area contributed by atoms with Crippen LogP contribution in [0.1, 0.15) is 43.0 Å². The van der Waals surface area contributed by atoms with E-state index in [9.17, 15) is 23.3 Å². The van der Waals surface area contributed by atoms with Gasteiger partial charge in [0.15, 0.2) is 9.84 Å². The van der Waals surface area contributed by atoms with Crippen molar-refractivity contribution in [2.45, 2.75) is 53.2 Å². The normalized spacial score (nSPS) is 19.1. The minimum atomic E-state index is -3.38. The molecule has 0 radical (unpaired) electrons. The molecule has 0 spiro atoms. The van der Waals surface area contributed by atoms with Gasteiger partial charge in [0.2, 0.25) is 0 Å². The van der Waals surface area contributed by atoms with E-state index < -0.39 is 26.3 Å². The largest absolute Gasteiger partial charge is 0.444 e. The predicted molar refractivity (Wildman–Crippen MR) is 119 cm³/mol. The van der Waals surface area contributed by atoms with Crippen molar-refractivity contribution in [2.75, 3.05) is 6.54 Å². The maximum Gasteiger partial charge on any atom is 0.417 e. The molecule has 1 amide bonds. The molecule has 0 bridgehead atoms. The first kappa shape index (κ1) is 24.3. The van der Waals surface area contributed by atoms with Gasteiger partial charge in [-0.15, -0.1) is 21.5 Å². The fraction of sp³-hybridized carbons (Fsp3) is 0.421. The van der Waals surface area contributed by atoms with Crippen LogP contribution in [0.15, 0.2) is 38.8 Å². The summed E-state index contributed by atoms with van der Waals surface area (Å²) in [5.41, 5.74) is 1.96. The van der Waals surface area contributed by atoms with Crippen molar-refractivity contribution in [3.05, 3.63) is 57.1 Å². The van der Waals surface area contributed by atoms with Crippen LogP contribution in [-0.4, -0.2) is 31.4 Å². The second kappa shape index (κ2) is 10.5. The second-order valence-electron chi connectivity index (χ2n) is 7.11. The fourth-order valence-corrected chi connectivity index (χ4v) is 7.68. The summed E-state index contributed by atoms with van der Waals surface area (Å²) in [5.74, 6) is 0. The third-order valence-corrected chi connectivity index (χ3v) is 9.60. The van der Waals surface area contributed by atoms with Crippen LogP contribution in [-0.2, 0) is 32.6 Å². The highest BCUT2D eigenvalue weighted by Crippen LogP contribution is 2.43. The molecule has 3 rings (SSSR count). The highest BCUT2D eigenvalue weighted by Gasteiger charge is 2.38. The summed E-state index contributed by atoms with van der Waals surface area (Å²) < 4.78 is 34.1. The number of thiophene rings is 1. The Hall–Kier alpha value is -2.35. The Labute approximate surface area is 193 Å². The molecule has 2 heterocycles. The van der Waals surface area contributed by atoms with E-state index in [4.69, 9.17) is 4.74 Å². The number of sulfone groups is 1. The lowest BCUT2D eigenvalue weighted by Gasteiger charge is -2.27. The maximum absolute atomic E-state index is 12.7. The summed E-state index contributed by atoms with van der Waals surface area (Å²) in [7, 11) is -3.38. The summed E-state index contributed by atoms with van der Waals surface area (Å²) in [6.07, 6.45) is -0.182. The Kier molecular flexibility index (Phi) is 7.98. The number of nitrogens with zero attached hydrogens (tertiary/aromatic N) is 1. The molecule has 0 saturated carbocycles. The van der Waals surface area contributed by atoms with Gasteiger partial charge in [0, 0.05) is 18.0 Å². The monoisotopic (exact) mass is 501 g/mol. The number of carbonyl (C=O) groups is 1. The highest BCUT2D eigenvalue weighted by molar-refractivity contribution is 8.00. The van der Waals surface area contributed by atoms with E-state index in [1.54, 1.807) is 37.3 Å². The number of ether oxygens (including phenoxy) is 1. The molecular formula is C19H23N3O7S3. The Balaban J connectivity index is 1.57. The number of fused-ring (bicyclic) bond motifs is 1. The van der Waals surface area contributed by atoms with Crippen LogP contribution >= 0.6 is 23.3 Å². The fourth-order valence-electron chi connectivity index (χ4n) is 3.30. The molecule has 2 unspecified atom stereocenters. The first-order valence-corrected chi connectivity index (χ1v) is 12.9. The Morgan fingerprint density at radius 2 is 2.03 bits per heavy atom. The average Bonchev–Trinajstić information content (AvgIpc) is 3.19. The van der Waals surface area contributed by atoms with E-state index in [0.717, 1.165) is 35.4 Å². The van der Waals surface area contributed by atoms with E-state index in [-0.39, 0.29) is 19.3 Å². The maximum atomic E-state index is 12.7. The summed E-state index contributed by atoms with van der Waals surface area (Å²) in [5, 5.41) is 12.3. The first-order chi connectivity index (χ1) is 15.2. The van der Waals surface area contributed by atoms with Crippen LogP contribution in [0.3, 0.4) is 0 Å². The van der Waals surface area contributed by atoms with Crippen molar-refractivity contribution in [2.24, 2.45) is 0 Å². The molecule has 13 heteroatoms. The van der Waals surface area contributed by atoms with Gasteiger partial charge < -0.3 is 14.9 Å². The molecule has 0 fully saturated rings. The lowest BCUT2D eigenvalue weighted by Crippen LogP contribution is -2.33. The third-order valence-electron chi connectivity index (χ3n) is 4.82. The Morgan fingerprint density at radius 3 is 2.72 bits per heavy atom. The Bertz CT molecular complexity index is 1090. The van der Waals surface area contributed by atoms with E-state index in [1.807, 2.05) is 6.92 Å². The van der Waals surface area contributed by atoms with Gasteiger partial charge in [-0.2, -0.15) is 0 Å². The zero-order valence-corrected chi connectivity index (χ0v) is 19.8. The lowest BCUT2D eigenvalue weighted by molar-refractivity contribution is -0.763. The zero-order chi connectivity index (χ0) is 23.3. The van der Waals surface area contributed by atoms with Crippen molar-refractivity contribution < 1.29 is 27.9 Å². The molecule has 2 aromatic rings. The number of hydrogen-bond donors (Lipinski definition) is 2. The van der Waals surface area contributed by atoms with Crippen molar-refractivity contribution in [1.29, 1.82) is 0 Å². The molecule has 2 N–H and O–H groups in total. The molecule has 174 valence electrons. The van der Waals surface area contributed by atoms with Crippen LogP contribution in [0.2, 0.25) is 0 Å². The number of amides is 1. The van der Waals surface area contributed by atoms with Gasteiger partial charge in [0.1, 0.15) is 17.4 Å². The van der Waals surface area contributed by atoms with Gasteiger partial charge in [-0.05, 0) is 42.6 Å². The lowest BCUT2D eigenvalue weighted by atomic mass is 10.1. The minimum Gasteiger partial charge on any atom is -0.444 e. The summed E-state index contributed by atoms with van der Waals surface area (Å²) in [6, 6.07) is 8.46. The summed E-state index contributed by atoms with van der Waals surface area (Å²) >= 11 is 2.14. The summed E-state index contributed by atoms with van der Waals surface area (Å²) in [6.45, 7) is 4.18. The molecule has 1 aromatic heterocycles. The molecule has 1 aliphatic rings. The quantitative estimate of drug-likeness (QED) is 0.300. The standard InChI is InChI=1S/C19H23N3O7S3/c1-3-20-16-7-12(2)32(26,27)18-15(16)9-17(30-18)31-21-19(23)28-10-13-5-4-6-14(8-13)11-29-22(24)25/h4-6,8-9,12,16,20H,3,7,10-11H2,1-2H3,(H,21,23). The smallest absolute Gasteiger partial charge is 0.417 e. The molecule has 1 aliphatic heterocycles. The van der Waals surface area contributed by atoms with E-state index in [1.165, 1.54) is 0 Å². The SMILES string of the molecule is CCNC1CC(C)S(=O)(=O)c2sc(SNC(=O)OCc3cccc(CO[N+](=O)[O-])c3)cc21. The van der Waals surface area contributed by atoms with Crippen molar-refractivity contribution in [3.63, 3.8) is 0 Å². The molecule has 10 nitrogen and oxygen atoms in total. The van der Waals surface area contributed by atoms with Crippen molar-refractivity contribution >= 4 is 39.2 Å². The van der Waals surface area contributed by atoms with E-state index >= 15 is 0 Å². The van der Waals surface area contributed by atoms with Gasteiger partial charge in [-0.3, -0.25) is 4.72 Å². The van der Waals surface area contributed by atoms with Crippen LogP contribution in [0.25, 0.3) is 0 Å². The Morgan fingerprint density at radius 1 is 1.31 bits per heavy atom. The second-order valence-corrected chi connectivity index (χ2v) is 11.8. The zero-order valence-electron chi connectivity index (χ0n) is 17.4. The van der Waals surface area contributed by atoms with E-state index in [2.05, 4.69) is 14.9 Å². The molecular weight excluding hydrogens is 478 g/mol. The third kappa shape index (κ3) is 5.91. The van der Waals surface area contributed by atoms with Crippen molar-refractivity contribution in [1.82, 2.24) is 10.0 Å². The predicted octanol–water partition coefficient (Wildman–Crippen LogP) is 3.61. The minimum absolute atomic E-state index is 0.0337. The van der Waals surface area contributed by atoms with Crippen molar-refractivity contribution in [3.8, 4) is 0 Å². The molecule has 0 aliphatic carbocycles. The van der Waals surface area contributed by atoms with Gasteiger partial charge in [0.25, 0.3) is 5.09 Å². The number of carbonyl (C=O) groups excluding carboxylic acids is 1. The van der Waals surface area contributed by atoms with E-state index in [0.29, 0.717) is 26.0 Å². The topological polar surface area (TPSA) is 137 Å². The number of rotatable bonds is 9. The highest BCUT2D eigenvalue weighted by atomic mass is 32.2. The van der Waals surface area contributed by atoms with Gasteiger partial charge in [0.05, 0.1) is 9.46 Å². The van der Waals surface area contributed by atoms with Crippen LogP contribution < -0.4 is 10.0 Å². The van der Waals surface area contributed by atoms with Gasteiger partial charge in [-0.25, -0.2) is 13.2 Å². The van der Waals surface area contributed by atoms with Crippen LogP contribution in [0.5, 0.6) is 0 Å². The molecule has 0 saturated heterocycles. The first-order valence-electron chi connectivity index (χ1n) is 9.76. The number of nitrogens with one attached hydrogen (secondary N) is 2. The van der Waals surface area contributed by atoms with Crippen LogP contribution in [0, 0.1) is 10.1 Å². The summed E-state index contributed by atoms with van der Waals surface area (Å²) in [4.78, 5) is 26.7. The molecule has 32 heavy (non-hydrogen) atoms. The molecule has 2 atom stereocenters. The number of benzene rings is 1. The van der Waals surface area contributed by atoms with Gasteiger partial charge in [-0.1, -0.05) is 31.2 Å². The van der Waals surface area contributed by atoms with Gasteiger partial charge >= 0.3 is 6.09 Å². The van der Waals surface area contributed by atoms with Crippen LogP contribution in [0.4, 0.5) is 4.79 Å². The molecule has 1 aromatic carbocycles. The number of hydrogen-bond acceptors (Lipinski definition) is 10.